The normalized spacial score (nSPS) is 12.4. The fourth-order valence-corrected chi connectivity index (χ4v) is 0.983. The Morgan fingerprint density at radius 3 is 2.09 bits per heavy atom. The van der Waals surface area contributed by atoms with Gasteiger partial charge in [0, 0.05) is 0 Å². The lowest BCUT2D eigenvalue weighted by Gasteiger charge is -2.13. The van der Waals surface area contributed by atoms with E-state index in [0.29, 0.717) is 0 Å². The molecule has 2 N–H and O–H groups in total. The molecular weight excluding hydrogens is 361 g/mol. The van der Waals surface area contributed by atoms with Gasteiger partial charge in [-0.25, -0.2) is 9.59 Å². The predicted molar refractivity (Wildman–Crippen MR) is 62.0 cm³/mol. The van der Waals surface area contributed by atoms with Crippen molar-refractivity contribution in [2.45, 2.75) is 11.4 Å². The van der Waals surface area contributed by atoms with Crippen LogP contribution in [0.25, 0.3) is 0 Å². The van der Waals surface area contributed by atoms with E-state index in [4.69, 9.17) is 4.55 Å². The molecule has 23 heavy (non-hydrogen) atoms. The smallest absolute Gasteiger partial charge is 0.422 e. The van der Waals surface area contributed by atoms with Crippen molar-refractivity contribution in [1.29, 1.82) is 0 Å². The van der Waals surface area contributed by atoms with Crippen LogP contribution in [0, 0.1) is 0 Å². The zero-order valence-electron chi connectivity index (χ0n) is 11.0. The highest BCUT2D eigenvalue weighted by Gasteiger charge is 2.45. The van der Waals surface area contributed by atoms with Crippen LogP contribution in [-0.4, -0.2) is 56.2 Å². The van der Waals surface area contributed by atoms with Crippen LogP contribution in [-0.2, 0) is 24.4 Å². The second kappa shape index (κ2) is 7.54. The van der Waals surface area contributed by atoms with E-state index in [-0.39, 0.29) is 0 Å². The first kappa shape index (κ1) is 21.0. The summed E-state index contributed by atoms with van der Waals surface area (Å²) >= 11 is 0. The van der Waals surface area contributed by atoms with Crippen molar-refractivity contribution in [1.82, 2.24) is 5.32 Å². The lowest BCUT2D eigenvalue weighted by atomic mass is 10.3. The number of esters is 1. The van der Waals surface area contributed by atoms with E-state index in [1.807, 2.05) is 0 Å². The maximum atomic E-state index is 12.7. The minimum Gasteiger partial charge on any atom is -0.460 e. The average Bonchev–Trinajstić information content (AvgIpc) is 2.38. The molecule has 0 atom stereocenters. The molecule has 0 aromatic carbocycles. The standard InChI is InChI=1S/C9H10F5NO7S/c1-5(9(12,13)14)6(16)21-3-2-15-7(17)22-4-8(10,11)23(18,19)20/h1-4H2,(H,15,17)(H,18,19,20). The van der Waals surface area contributed by atoms with Gasteiger partial charge in [0.25, 0.3) is 0 Å². The molecule has 8 nitrogen and oxygen atoms in total. The van der Waals surface area contributed by atoms with Gasteiger partial charge in [-0.05, 0) is 0 Å². The maximum absolute atomic E-state index is 12.7. The van der Waals surface area contributed by atoms with E-state index in [1.54, 1.807) is 5.32 Å². The fraction of sp³-hybridized carbons (Fsp3) is 0.556. The van der Waals surface area contributed by atoms with E-state index in [2.05, 4.69) is 16.1 Å². The van der Waals surface area contributed by atoms with Gasteiger partial charge in [-0.15, -0.1) is 0 Å². The summed E-state index contributed by atoms with van der Waals surface area (Å²) in [5.41, 5.74) is -1.78. The van der Waals surface area contributed by atoms with Gasteiger partial charge in [-0.3, -0.25) is 4.55 Å². The first-order valence-corrected chi connectivity index (χ1v) is 6.81. The Morgan fingerprint density at radius 1 is 1.13 bits per heavy atom. The van der Waals surface area contributed by atoms with Crippen LogP contribution >= 0.6 is 0 Å². The number of nitrogens with one attached hydrogen (secondary N) is 1. The van der Waals surface area contributed by atoms with Crippen LogP contribution in [0.1, 0.15) is 0 Å². The number of carbonyl (C=O) groups excluding carboxylic acids is 2. The van der Waals surface area contributed by atoms with Gasteiger partial charge in [0.15, 0.2) is 6.61 Å². The predicted octanol–water partition coefficient (Wildman–Crippen LogP) is 0.855. The lowest BCUT2D eigenvalue weighted by Crippen LogP contribution is -2.37. The van der Waals surface area contributed by atoms with Gasteiger partial charge in [-0.2, -0.15) is 30.4 Å². The summed E-state index contributed by atoms with van der Waals surface area (Å²) in [7, 11) is -5.78. The second-order valence-corrected chi connectivity index (χ2v) is 5.27. The third kappa shape index (κ3) is 7.23. The minimum atomic E-state index is -5.78. The van der Waals surface area contributed by atoms with Crippen molar-refractivity contribution in [3.8, 4) is 0 Å². The SMILES string of the molecule is C=C(C(=O)OCCNC(=O)OCC(F)(F)S(=O)(=O)O)C(F)(F)F. The summed E-state index contributed by atoms with van der Waals surface area (Å²) in [6, 6.07) is 0. The van der Waals surface area contributed by atoms with Crippen LogP contribution < -0.4 is 5.32 Å². The topological polar surface area (TPSA) is 119 Å². The quantitative estimate of drug-likeness (QED) is 0.224. The first-order valence-electron chi connectivity index (χ1n) is 5.37. The molecule has 0 aliphatic rings. The summed E-state index contributed by atoms with van der Waals surface area (Å²) in [6.45, 7) is -0.938. The number of hydrogen-bond donors (Lipinski definition) is 2. The minimum absolute atomic E-state index is 0.618. The molecule has 0 rings (SSSR count). The Bertz CT molecular complexity index is 571. The highest BCUT2D eigenvalue weighted by Crippen LogP contribution is 2.24. The van der Waals surface area contributed by atoms with E-state index in [9.17, 15) is 40.0 Å². The molecule has 0 aliphatic heterocycles. The van der Waals surface area contributed by atoms with Gasteiger partial charge >= 0.3 is 33.6 Å². The monoisotopic (exact) mass is 371 g/mol. The van der Waals surface area contributed by atoms with Crippen LogP contribution in [0.4, 0.5) is 26.7 Å². The first-order chi connectivity index (χ1) is 10.2. The highest BCUT2D eigenvalue weighted by atomic mass is 32.2. The number of halogens is 5. The summed E-state index contributed by atoms with van der Waals surface area (Å²) in [6.07, 6.45) is -6.58. The molecule has 0 fully saturated rings. The number of amides is 1. The fourth-order valence-electron chi connectivity index (χ4n) is 0.775. The summed E-state index contributed by atoms with van der Waals surface area (Å²) < 4.78 is 97.7. The largest absolute Gasteiger partial charge is 0.460 e. The van der Waals surface area contributed by atoms with E-state index in [1.165, 1.54) is 0 Å². The molecule has 0 aromatic rings. The van der Waals surface area contributed by atoms with Crippen LogP contribution in [0.3, 0.4) is 0 Å². The summed E-state index contributed by atoms with van der Waals surface area (Å²) in [5.74, 6) is -1.80. The molecule has 0 saturated carbocycles. The second-order valence-electron chi connectivity index (χ2n) is 3.73. The van der Waals surface area contributed by atoms with Gasteiger partial charge in [0.2, 0.25) is 0 Å². The van der Waals surface area contributed by atoms with Gasteiger partial charge in [0.1, 0.15) is 12.2 Å². The molecule has 0 radical (unpaired) electrons. The molecule has 0 aromatic heterocycles. The molecule has 0 unspecified atom stereocenters. The Morgan fingerprint density at radius 2 is 1.65 bits per heavy atom. The van der Waals surface area contributed by atoms with Crippen molar-refractivity contribution < 1.29 is 54.0 Å². The van der Waals surface area contributed by atoms with Gasteiger partial charge in [-0.1, -0.05) is 6.58 Å². The molecule has 0 saturated heterocycles. The van der Waals surface area contributed by atoms with Crippen LogP contribution in [0.2, 0.25) is 0 Å². The maximum Gasteiger partial charge on any atom is 0.422 e. The highest BCUT2D eigenvalue weighted by molar-refractivity contribution is 7.86. The Hall–Kier alpha value is -1.96. The Balaban J connectivity index is 4.11. The lowest BCUT2D eigenvalue weighted by molar-refractivity contribution is -0.150. The van der Waals surface area contributed by atoms with Crippen molar-refractivity contribution >= 4 is 22.2 Å². The number of carbonyl (C=O) groups is 2. The third-order valence-corrected chi connectivity index (χ3v) is 2.81. The molecule has 134 valence electrons. The number of alkyl halides is 5. The van der Waals surface area contributed by atoms with Gasteiger partial charge in [0.05, 0.1) is 6.54 Å². The molecule has 0 bridgehead atoms. The van der Waals surface area contributed by atoms with E-state index < -0.39 is 58.9 Å². The number of alkyl carbamates (subject to hydrolysis) is 1. The molecule has 0 heterocycles. The van der Waals surface area contributed by atoms with Crippen molar-refractivity contribution in [3.63, 3.8) is 0 Å². The van der Waals surface area contributed by atoms with Crippen molar-refractivity contribution in [2.24, 2.45) is 0 Å². The molecule has 0 spiro atoms. The summed E-state index contributed by atoms with van der Waals surface area (Å²) in [4.78, 5) is 21.7. The van der Waals surface area contributed by atoms with Crippen molar-refractivity contribution in [3.05, 3.63) is 12.2 Å². The van der Waals surface area contributed by atoms with E-state index in [0.717, 1.165) is 0 Å². The Labute approximate surface area is 126 Å². The zero-order chi connectivity index (χ0) is 18.5. The molecule has 0 aliphatic carbocycles. The summed E-state index contributed by atoms with van der Waals surface area (Å²) in [5, 5.41) is -3.05. The molecular formula is C9H10F5NO7S. The van der Waals surface area contributed by atoms with Crippen LogP contribution in [0.5, 0.6) is 0 Å². The average molecular weight is 371 g/mol. The van der Waals surface area contributed by atoms with Crippen molar-refractivity contribution in [2.75, 3.05) is 19.8 Å². The molecule has 1 amide bonds. The number of hydrogen-bond acceptors (Lipinski definition) is 6. The number of ether oxygens (including phenoxy) is 2. The van der Waals surface area contributed by atoms with E-state index >= 15 is 0 Å². The molecule has 14 heteroatoms. The zero-order valence-corrected chi connectivity index (χ0v) is 11.8. The number of rotatable bonds is 7. The van der Waals surface area contributed by atoms with Gasteiger partial charge < -0.3 is 14.8 Å². The Kier molecular flexibility index (Phi) is 6.90. The van der Waals surface area contributed by atoms with Crippen LogP contribution in [0.15, 0.2) is 12.2 Å². The third-order valence-electron chi connectivity index (χ3n) is 1.94.